The van der Waals surface area contributed by atoms with Crippen LogP contribution in [0.4, 0.5) is 13.2 Å². The van der Waals surface area contributed by atoms with Crippen molar-refractivity contribution in [3.05, 3.63) is 34.9 Å². The zero-order valence-corrected chi connectivity index (χ0v) is 8.84. The quantitative estimate of drug-likeness (QED) is 0.761. The van der Waals surface area contributed by atoms with E-state index in [4.69, 9.17) is 6.11 Å². The molecule has 3 rings (SSSR count). The summed E-state index contributed by atoms with van der Waals surface area (Å²) < 4.78 is 51.1. The number of ether oxygens (including phenoxy) is 1. The molecule has 92 valence electrons. The second-order valence-electron chi connectivity index (χ2n) is 4.49. The van der Waals surface area contributed by atoms with Gasteiger partial charge in [-0.2, -0.15) is 13.2 Å². The molecule has 17 heavy (non-hydrogen) atoms. The van der Waals surface area contributed by atoms with Gasteiger partial charge in [-0.15, -0.1) is 0 Å². The summed E-state index contributed by atoms with van der Waals surface area (Å²) in [6.45, 7) is -0.203. The fourth-order valence-electron chi connectivity index (χ4n) is 2.24. The summed E-state index contributed by atoms with van der Waals surface area (Å²) in [6, 6.07) is 3.09. The van der Waals surface area contributed by atoms with Gasteiger partial charge in [0.15, 0.2) is 0 Å². The van der Waals surface area contributed by atoms with Crippen LogP contribution in [0, 0.1) is 0 Å². The Kier molecular flexibility index (Phi) is 1.89. The lowest BCUT2D eigenvalue weighted by Gasteiger charge is -2.30. The lowest BCUT2D eigenvalue weighted by atomic mass is 9.92. The molecule has 1 fully saturated rings. The molecule has 1 aliphatic heterocycles. The predicted octanol–water partition coefficient (Wildman–Crippen LogP) is 2.76. The second kappa shape index (κ2) is 3.23. The summed E-state index contributed by atoms with van der Waals surface area (Å²) in [7, 11) is 0. The number of fused-ring (bicyclic) bond motifs is 2. The highest BCUT2D eigenvalue weighted by atomic mass is 19.4. The monoisotopic (exact) mass is 245 g/mol. The van der Waals surface area contributed by atoms with Crippen molar-refractivity contribution in [3.8, 4) is 0 Å². The minimum atomic E-state index is -4.43. The van der Waals surface area contributed by atoms with Gasteiger partial charge in [0.2, 0.25) is 0 Å². The van der Waals surface area contributed by atoms with Crippen LogP contribution in [-0.4, -0.2) is 11.7 Å². The van der Waals surface area contributed by atoms with E-state index in [0.717, 1.165) is 12.1 Å². The van der Waals surface area contributed by atoms with Crippen LogP contribution >= 0.6 is 0 Å². The summed E-state index contributed by atoms with van der Waals surface area (Å²) in [5, 5.41) is 9.84. The van der Waals surface area contributed by atoms with Crippen molar-refractivity contribution in [3.63, 3.8) is 0 Å². The van der Waals surface area contributed by atoms with Crippen LogP contribution in [0.15, 0.2) is 18.2 Å². The van der Waals surface area contributed by atoms with Gasteiger partial charge < -0.3 is 9.84 Å². The van der Waals surface area contributed by atoms with Crippen molar-refractivity contribution < 1.29 is 24.4 Å². The summed E-state index contributed by atoms with van der Waals surface area (Å²) in [6.07, 6.45) is -5.12. The van der Waals surface area contributed by atoms with Crippen LogP contribution in [0.5, 0.6) is 0 Å². The van der Waals surface area contributed by atoms with E-state index in [9.17, 15) is 18.3 Å². The highest BCUT2D eigenvalue weighted by molar-refractivity contribution is 5.43. The second-order valence-corrected chi connectivity index (χ2v) is 4.49. The van der Waals surface area contributed by atoms with Gasteiger partial charge in [-0.25, -0.2) is 0 Å². The lowest BCUT2D eigenvalue weighted by molar-refractivity contribution is -0.138. The molecule has 1 unspecified atom stereocenters. The Balaban J connectivity index is 2.16. The molecule has 1 atom stereocenters. The molecule has 1 spiro atoms. The standard InChI is InChI=1S/C12H11F3O2/c13-12(14,15)7-1-2-8-9(5-7)11(3-4-11)17-6-10(8)16/h1-2,5,10,16H,3-4,6H2/i10D. The third kappa shape index (κ3) is 1.65. The number of aliphatic hydroxyl groups is 1. The van der Waals surface area contributed by atoms with Gasteiger partial charge in [-0.3, -0.25) is 0 Å². The third-order valence-electron chi connectivity index (χ3n) is 3.34. The van der Waals surface area contributed by atoms with Gasteiger partial charge in [-0.05, 0) is 36.1 Å². The van der Waals surface area contributed by atoms with E-state index in [0.29, 0.717) is 18.4 Å². The maximum Gasteiger partial charge on any atom is 0.416 e. The van der Waals surface area contributed by atoms with Crippen LogP contribution in [0.25, 0.3) is 0 Å². The first-order chi connectivity index (χ1) is 8.25. The molecule has 1 heterocycles. The first-order valence-electron chi connectivity index (χ1n) is 5.83. The number of benzene rings is 1. The Morgan fingerprint density at radius 2 is 2.12 bits per heavy atom. The molecule has 1 N–H and O–H groups in total. The Morgan fingerprint density at radius 1 is 1.41 bits per heavy atom. The summed E-state index contributed by atoms with van der Waals surface area (Å²) in [5.41, 5.74) is -0.946. The van der Waals surface area contributed by atoms with E-state index in [-0.39, 0.29) is 12.2 Å². The van der Waals surface area contributed by atoms with E-state index in [1.807, 2.05) is 0 Å². The van der Waals surface area contributed by atoms with Crippen molar-refractivity contribution in [2.24, 2.45) is 0 Å². The predicted molar refractivity (Wildman–Crippen MR) is 53.3 cm³/mol. The van der Waals surface area contributed by atoms with Gasteiger partial charge in [0.25, 0.3) is 0 Å². The largest absolute Gasteiger partial charge is 0.416 e. The van der Waals surface area contributed by atoms with Gasteiger partial charge >= 0.3 is 6.18 Å². The fourth-order valence-corrected chi connectivity index (χ4v) is 2.24. The van der Waals surface area contributed by atoms with Crippen molar-refractivity contribution in [2.45, 2.75) is 30.7 Å². The van der Waals surface area contributed by atoms with Crippen LogP contribution in [0.2, 0.25) is 0 Å². The summed E-state index contributed by atoms with van der Waals surface area (Å²) >= 11 is 0. The molecule has 1 aromatic rings. The fraction of sp³-hybridized carbons (Fsp3) is 0.500. The molecule has 0 radical (unpaired) electrons. The normalized spacial score (nSPS) is 30.9. The van der Waals surface area contributed by atoms with Crippen LogP contribution in [0.1, 0.15) is 37.0 Å². The Hall–Kier alpha value is -1.07. The van der Waals surface area contributed by atoms with Crippen molar-refractivity contribution in [2.75, 3.05) is 6.61 Å². The average molecular weight is 245 g/mol. The molecule has 1 aromatic carbocycles. The molecule has 0 bridgehead atoms. The van der Waals surface area contributed by atoms with Crippen molar-refractivity contribution in [1.82, 2.24) is 0 Å². The molecule has 0 saturated heterocycles. The number of hydrogen-bond acceptors (Lipinski definition) is 2. The zero-order valence-electron chi connectivity index (χ0n) is 9.84. The minimum Gasteiger partial charge on any atom is -0.386 e. The van der Waals surface area contributed by atoms with E-state index in [1.54, 1.807) is 0 Å². The topological polar surface area (TPSA) is 29.5 Å². The first-order valence-corrected chi connectivity index (χ1v) is 5.33. The molecule has 1 aliphatic carbocycles. The maximum atomic E-state index is 12.7. The minimum absolute atomic E-state index is 0.203. The van der Waals surface area contributed by atoms with Gasteiger partial charge in [0.05, 0.1) is 19.1 Å². The molecule has 5 heteroatoms. The van der Waals surface area contributed by atoms with E-state index < -0.39 is 23.4 Å². The number of halogens is 3. The van der Waals surface area contributed by atoms with Crippen LogP contribution in [-0.2, 0) is 16.5 Å². The smallest absolute Gasteiger partial charge is 0.386 e. The Morgan fingerprint density at radius 3 is 2.71 bits per heavy atom. The lowest BCUT2D eigenvalue weighted by Crippen LogP contribution is -2.26. The highest BCUT2D eigenvalue weighted by Gasteiger charge is 2.51. The number of alkyl halides is 3. The van der Waals surface area contributed by atoms with Gasteiger partial charge in [0.1, 0.15) is 6.08 Å². The van der Waals surface area contributed by atoms with E-state index in [2.05, 4.69) is 0 Å². The summed E-state index contributed by atoms with van der Waals surface area (Å²) in [5.74, 6) is 0. The number of hydrogen-bond donors (Lipinski definition) is 1. The Bertz CT molecular complexity index is 507. The Labute approximate surface area is 97.4 Å². The summed E-state index contributed by atoms with van der Waals surface area (Å²) in [4.78, 5) is 0. The number of rotatable bonds is 0. The van der Waals surface area contributed by atoms with Crippen LogP contribution in [0.3, 0.4) is 0 Å². The zero-order chi connectivity index (χ0) is 13.2. The SMILES string of the molecule is [2H]C1(O)COC2(CC2)c2cc(C(F)(F)F)ccc21. The molecular weight excluding hydrogens is 233 g/mol. The molecule has 1 saturated carbocycles. The molecule has 0 aromatic heterocycles. The van der Waals surface area contributed by atoms with Crippen molar-refractivity contribution >= 4 is 0 Å². The molecule has 0 amide bonds. The van der Waals surface area contributed by atoms with Crippen LogP contribution < -0.4 is 0 Å². The molecule has 2 aliphatic rings. The van der Waals surface area contributed by atoms with Gasteiger partial charge in [0, 0.05) is 0 Å². The average Bonchev–Trinajstić information content (AvgIpc) is 3.04. The van der Waals surface area contributed by atoms with Gasteiger partial charge in [-0.1, -0.05) is 6.07 Å². The van der Waals surface area contributed by atoms with E-state index >= 15 is 0 Å². The third-order valence-corrected chi connectivity index (χ3v) is 3.34. The highest BCUT2D eigenvalue weighted by Crippen LogP contribution is 2.54. The van der Waals surface area contributed by atoms with Crippen molar-refractivity contribution in [1.29, 1.82) is 0 Å². The first kappa shape index (κ1) is 9.91. The maximum absolute atomic E-state index is 12.7. The van der Waals surface area contributed by atoms with E-state index in [1.165, 1.54) is 6.07 Å². The molecular formula is C12H11F3O2. The molecule has 2 nitrogen and oxygen atoms in total.